The number of likely N-dealkylation sites (tertiary alicyclic amines) is 1. The summed E-state index contributed by atoms with van der Waals surface area (Å²) in [5.41, 5.74) is -0.971. The molecule has 0 radical (unpaired) electrons. The van der Waals surface area contributed by atoms with Crippen LogP contribution in [0.5, 0.6) is 0 Å². The number of hydrogen-bond donors (Lipinski definition) is 1. The Labute approximate surface area is 148 Å². The van der Waals surface area contributed by atoms with Crippen molar-refractivity contribution in [3.05, 3.63) is 28.8 Å². The standard InChI is InChI=1S/C17H18ClF3N2O2/c18-14-5-4-10(8-13(14)17(19,20)21)22-15(24)11-9-12(11)16(25)23-6-2-1-3-7-23/h4-5,8,11-12H,1-3,6-7,9H2,(H,22,24). The average molecular weight is 375 g/mol. The van der Waals surface area contributed by atoms with Crippen LogP contribution in [0.2, 0.25) is 5.02 Å². The third-order valence-electron chi connectivity index (χ3n) is 4.65. The van der Waals surface area contributed by atoms with Crippen LogP contribution in [-0.4, -0.2) is 29.8 Å². The number of benzene rings is 1. The molecule has 25 heavy (non-hydrogen) atoms. The first-order valence-corrected chi connectivity index (χ1v) is 8.61. The van der Waals surface area contributed by atoms with Crippen molar-refractivity contribution in [1.82, 2.24) is 4.90 Å². The molecule has 2 amide bonds. The highest BCUT2D eigenvalue weighted by Crippen LogP contribution is 2.42. The fourth-order valence-corrected chi connectivity index (χ4v) is 3.39. The predicted octanol–water partition coefficient (Wildman–Crippen LogP) is 3.95. The van der Waals surface area contributed by atoms with Gasteiger partial charge in [0.05, 0.1) is 22.4 Å². The molecule has 1 saturated heterocycles. The Bertz CT molecular complexity index is 687. The lowest BCUT2D eigenvalue weighted by atomic mass is 10.1. The summed E-state index contributed by atoms with van der Waals surface area (Å²) in [5.74, 6) is -1.27. The van der Waals surface area contributed by atoms with E-state index < -0.39 is 28.6 Å². The van der Waals surface area contributed by atoms with Crippen molar-refractivity contribution < 1.29 is 22.8 Å². The van der Waals surface area contributed by atoms with Crippen LogP contribution in [0.3, 0.4) is 0 Å². The molecule has 0 spiro atoms. The van der Waals surface area contributed by atoms with E-state index in [0.717, 1.165) is 44.5 Å². The maximum absolute atomic E-state index is 12.9. The van der Waals surface area contributed by atoms with E-state index in [2.05, 4.69) is 5.32 Å². The van der Waals surface area contributed by atoms with Crippen molar-refractivity contribution in [2.45, 2.75) is 31.9 Å². The number of nitrogens with zero attached hydrogens (tertiary/aromatic N) is 1. The van der Waals surface area contributed by atoms with Gasteiger partial charge in [-0.15, -0.1) is 0 Å². The minimum atomic E-state index is -4.59. The molecule has 3 rings (SSSR count). The van der Waals surface area contributed by atoms with Gasteiger partial charge in [0.2, 0.25) is 11.8 Å². The highest BCUT2D eigenvalue weighted by atomic mass is 35.5. The number of rotatable bonds is 3. The zero-order chi connectivity index (χ0) is 18.2. The number of carbonyl (C=O) groups is 2. The fourth-order valence-electron chi connectivity index (χ4n) is 3.16. The Hall–Kier alpha value is -1.76. The Balaban J connectivity index is 1.61. The van der Waals surface area contributed by atoms with E-state index in [9.17, 15) is 22.8 Å². The monoisotopic (exact) mass is 374 g/mol. The summed E-state index contributed by atoms with van der Waals surface area (Å²) in [7, 11) is 0. The summed E-state index contributed by atoms with van der Waals surface area (Å²) < 4.78 is 38.6. The van der Waals surface area contributed by atoms with Crippen molar-refractivity contribution in [3.63, 3.8) is 0 Å². The topological polar surface area (TPSA) is 49.4 Å². The lowest BCUT2D eigenvalue weighted by molar-refractivity contribution is -0.137. The van der Waals surface area contributed by atoms with Crippen LogP contribution >= 0.6 is 11.6 Å². The maximum Gasteiger partial charge on any atom is 0.417 e. The van der Waals surface area contributed by atoms with Gasteiger partial charge in [-0.1, -0.05) is 11.6 Å². The molecule has 136 valence electrons. The second-order valence-electron chi connectivity index (χ2n) is 6.52. The molecule has 0 bridgehead atoms. The largest absolute Gasteiger partial charge is 0.417 e. The molecule has 1 heterocycles. The summed E-state index contributed by atoms with van der Waals surface area (Å²) >= 11 is 5.56. The van der Waals surface area contributed by atoms with Crippen molar-refractivity contribution in [2.24, 2.45) is 11.8 Å². The zero-order valence-electron chi connectivity index (χ0n) is 13.4. The zero-order valence-corrected chi connectivity index (χ0v) is 14.2. The predicted molar refractivity (Wildman–Crippen MR) is 87.1 cm³/mol. The Morgan fingerprint density at radius 2 is 1.80 bits per heavy atom. The summed E-state index contributed by atoms with van der Waals surface area (Å²) in [6.45, 7) is 1.44. The van der Waals surface area contributed by atoms with Crippen molar-refractivity contribution in [3.8, 4) is 0 Å². The molecule has 2 unspecified atom stereocenters. The van der Waals surface area contributed by atoms with E-state index in [-0.39, 0.29) is 17.5 Å². The molecule has 1 N–H and O–H groups in total. The number of alkyl halides is 3. The van der Waals surface area contributed by atoms with Gasteiger partial charge < -0.3 is 10.2 Å². The maximum atomic E-state index is 12.9. The molecule has 1 aliphatic heterocycles. The van der Waals surface area contributed by atoms with Crippen LogP contribution < -0.4 is 5.32 Å². The number of nitrogens with one attached hydrogen (secondary N) is 1. The van der Waals surface area contributed by atoms with Crippen molar-refractivity contribution in [2.75, 3.05) is 18.4 Å². The number of halogens is 4. The van der Waals surface area contributed by atoms with E-state index in [0.29, 0.717) is 6.42 Å². The number of piperidine rings is 1. The molecule has 2 fully saturated rings. The molecule has 2 atom stereocenters. The molecule has 8 heteroatoms. The molecule has 1 saturated carbocycles. The first-order valence-electron chi connectivity index (χ1n) is 8.24. The van der Waals surface area contributed by atoms with Crippen LogP contribution in [0, 0.1) is 11.8 Å². The van der Waals surface area contributed by atoms with Crippen molar-refractivity contribution in [1.29, 1.82) is 0 Å². The lowest BCUT2D eigenvalue weighted by Crippen LogP contribution is -2.37. The van der Waals surface area contributed by atoms with Crippen LogP contribution in [-0.2, 0) is 15.8 Å². The summed E-state index contributed by atoms with van der Waals surface area (Å²) in [6.07, 6.45) is -1.10. The third kappa shape index (κ3) is 4.08. The van der Waals surface area contributed by atoms with E-state index >= 15 is 0 Å². The second-order valence-corrected chi connectivity index (χ2v) is 6.92. The van der Waals surface area contributed by atoms with Gasteiger partial charge in [-0.2, -0.15) is 13.2 Å². The Morgan fingerprint density at radius 3 is 2.44 bits per heavy atom. The average Bonchev–Trinajstić information content (AvgIpc) is 3.36. The first kappa shape index (κ1) is 18.0. The highest BCUT2D eigenvalue weighted by Gasteiger charge is 2.49. The second kappa shape index (κ2) is 6.86. The Kier molecular flexibility index (Phi) is 4.95. The van der Waals surface area contributed by atoms with E-state index in [1.165, 1.54) is 6.07 Å². The molecule has 1 aromatic rings. The quantitative estimate of drug-likeness (QED) is 0.871. The van der Waals surface area contributed by atoms with Crippen LogP contribution in [0.4, 0.5) is 18.9 Å². The number of anilines is 1. The smallest absolute Gasteiger partial charge is 0.342 e. The SMILES string of the molecule is O=C(Nc1ccc(Cl)c(C(F)(F)F)c1)C1CC1C(=O)N1CCCCC1. The van der Waals surface area contributed by atoms with Crippen LogP contribution in [0.25, 0.3) is 0 Å². The van der Waals surface area contributed by atoms with Gasteiger partial charge in [-0.3, -0.25) is 9.59 Å². The minimum Gasteiger partial charge on any atom is -0.342 e. The summed E-state index contributed by atoms with van der Waals surface area (Å²) in [6, 6.07) is 3.23. The van der Waals surface area contributed by atoms with Crippen molar-refractivity contribution >= 4 is 29.1 Å². The van der Waals surface area contributed by atoms with Gasteiger partial charge in [-0.25, -0.2) is 0 Å². The molecular formula is C17H18ClF3N2O2. The molecule has 4 nitrogen and oxygen atoms in total. The van der Waals surface area contributed by atoms with E-state index in [4.69, 9.17) is 11.6 Å². The van der Waals surface area contributed by atoms with Gasteiger partial charge in [0, 0.05) is 18.8 Å². The van der Waals surface area contributed by atoms with E-state index in [1.807, 2.05) is 0 Å². The minimum absolute atomic E-state index is 0.0214. The molecule has 0 aromatic heterocycles. The van der Waals surface area contributed by atoms with Crippen LogP contribution in [0.1, 0.15) is 31.2 Å². The molecule has 1 aliphatic carbocycles. The highest BCUT2D eigenvalue weighted by molar-refractivity contribution is 6.31. The molecule has 2 aliphatic rings. The summed E-state index contributed by atoms with van der Waals surface area (Å²) in [4.78, 5) is 26.3. The van der Waals surface area contributed by atoms with Gasteiger partial charge >= 0.3 is 6.18 Å². The molecular weight excluding hydrogens is 357 g/mol. The Morgan fingerprint density at radius 1 is 1.12 bits per heavy atom. The molecule has 1 aromatic carbocycles. The lowest BCUT2D eigenvalue weighted by Gasteiger charge is -2.26. The van der Waals surface area contributed by atoms with Gasteiger partial charge in [0.25, 0.3) is 0 Å². The number of amides is 2. The number of carbonyl (C=O) groups excluding carboxylic acids is 2. The fraction of sp³-hybridized carbons (Fsp3) is 0.529. The van der Waals surface area contributed by atoms with Gasteiger partial charge in [-0.05, 0) is 43.9 Å². The van der Waals surface area contributed by atoms with E-state index in [1.54, 1.807) is 4.90 Å². The number of hydrogen-bond acceptors (Lipinski definition) is 2. The summed E-state index contributed by atoms with van der Waals surface area (Å²) in [5, 5.41) is 2.04. The van der Waals surface area contributed by atoms with Gasteiger partial charge in [0.1, 0.15) is 0 Å². The third-order valence-corrected chi connectivity index (χ3v) is 4.98. The first-order chi connectivity index (χ1) is 11.8. The normalized spacial score (nSPS) is 23.3. The van der Waals surface area contributed by atoms with Gasteiger partial charge in [0.15, 0.2) is 0 Å². The van der Waals surface area contributed by atoms with Crippen LogP contribution in [0.15, 0.2) is 18.2 Å².